The van der Waals surface area contributed by atoms with E-state index in [4.69, 9.17) is 0 Å². The standard InChI is InChI=1S/C15H15FN2O2/c1-11-8-13(16)9-14(15(11)18(19)20)17(2)10-12-6-4-3-5-7-12/h3-9H,10H2,1-2H3. The lowest BCUT2D eigenvalue weighted by atomic mass is 10.1. The number of rotatable bonds is 4. The van der Waals surface area contributed by atoms with Gasteiger partial charge in [-0.1, -0.05) is 30.3 Å². The normalized spacial score (nSPS) is 10.3. The molecule has 0 N–H and O–H groups in total. The summed E-state index contributed by atoms with van der Waals surface area (Å²) in [5, 5.41) is 11.2. The van der Waals surface area contributed by atoms with E-state index in [1.165, 1.54) is 12.1 Å². The molecule has 2 rings (SSSR count). The molecule has 0 aliphatic heterocycles. The quantitative estimate of drug-likeness (QED) is 0.631. The summed E-state index contributed by atoms with van der Waals surface area (Å²) in [6, 6.07) is 11.9. The van der Waals surface area contributed by atoms with Crippen LogP contribution in [0.5, 0.6) is 0 Å². The van der Waals surface area contributed by atoms with Crippen molar-refractivity contribution < 1.29 is 9.31 Å². The zero-order valence-electron chi connectivity index (χ0n) is 11.3. The highest BCUT2D eigenvalue weighted by atomic mass is 19.1. The molecule has 20 heavy (non-hydrogen) atoms. The van der Waals surface area contributed by atoms with Crippen LogP contribution in [0.15, 0.2) is 42.5 Å². The minimum atomic E-state index is -0.469. The van der Waals surface area contributed by atoms with E-state index in [0.29, 0.717) is 12.1 Å². The van der Waals surface area contributed by atoms with Crippen molar-refractivity contribution in [3.05, 3.63) is 69.5 Å². The topological polar surface area (TPSA) is 46.4 Å². The smallest absolute Gasteiger partial charge is 0.295 e. The van der Waals surface area contributed by atoms with E-state index in [2.05, 4.69) is 0 Å². The summed E-state index contributed by atoms with van der Waals surface area (Å²) in [5.74, 6) is -0.469. The molecule has 5 heteroatoms. The van der Waals surface area contributed by atoms with Crippen LogP contribution in [-0.4, -0.2) is 12.0 Å². The lowest BCUT2D eigenvalue weighted by Crippen LogP contribution is -2.18. The molecule has 0 aliphatic rings. The first kappa shape index (κ1) is 14.0. The molecule has 104 valence electrons. The summed E-state index contributed by atoms with van der Waals surface area (Å²) in [7, 11) is 1.72. The molecule has 0 radical (unpaired) electrons. The van der Waals surface area contributed by atoms with Crippen LogP contribution >= 0.6 is 0 Å². The molecule has 4 nitrogen and oxygen atoms in total. The Kier molecular flexibility index (Phi) is 3.98. The summed E-state index contributed by atoms with van der Waals surface area (Å²) in [6.07, 6.45) is 0. The molecule has 2 aromatic carbocycles. The lowest BCUT2D eigenvalue weighted by molar-refractivity contribution is -0.384. The summed E-state index contributed by atoms with van der Waals surface area (Å²) in [4.78, 5) is 12.4. The van der Waals surface area contributed by atoms with Crippen LogP contribution in [0.4, 0.5) is 15.8 Å². The Labute approximate surface area is 116 Å². The van der Waals surface area contributed by atoms with Crippen molar-refractivity contribution in [1.29, 1.82) is 0 Å². The summed E-state index contributed by atoms with van der Waals surface area (Å²) in [5.41, 5.74) is 1.57. The van der Waals surface area contributed by atoms with Gasteiger partial charge in [-0.3, -0.25) is 10.1 Å². The summed E-state index contributed by atoms with van der Waals surface area (Å²) < 4.78 is 13.5. The van der Waals surface area contributed by atoms with Gasteiger partial charge in [0, 0.05) is 25.2 Å². The fourth-order valence-electron chi connectivity index (χ4n) is 2.19. The molecular formula is C15H15FN2O2. The van der Waals surface area contributed by atoms with E-state index in [-0.39, 0.29) is 11.4 Å². The molecule has 0 bridgehead atoms. The maximum atomic E-state index is 13.5. The van der Waals surface area contributed by atoms with E-state index in [9.17, 15) is 14.5 Å². The number of nitro benzene ring substituents is 1. The van der Waals surface area contributed by atoms with E-state index in [1.807, 2.05) is 30.3 Å². The number of anilines is 1. The van der Waals surface area contributed by atoms with E-state index in [0.717, 1.165) is 5.56 Å². The molecule has 0 spiro atoms. The van der Waals surface area contributed by atoms with Crippen molar-refractivity contribution in [3.63, 3.8) is 0 Å². The summed E-state index contributed by atoms with van der Waals surface area (Å²) >= 11 is 0. The number of nitrogens with zero attached hydrogens (tertiary/aromatic N) is 2. The Bertz CT molecular complexity index is 629. The fourth-order valence-corrected chi connectivity index (χ4v) is 2.19. The molecule has 2 aromatic rings. The molecule has 0 unspecified atom stereocenters. The zero-order chi connectivity index (χ0) is 14.7. The number of hydrogen-bond acceptors (Lipinski definition) is 3. The second kappa shape index (κ2) is 5.69. The van der Waals surface area contributed by atoms with Crippen molar-refractivity contribution in [3.8, 4) is 0 Å². The van der Waals surface area contributed by atoms with E-state index >= 15 is 0 Å². The lowest BCUT2D eigenvalue weighted by Gasteiger charge is -2.20. The average Bonchev–Trinajstić information content (AvgIpc) is 2.38. The maximum Gasteiger partial charge on any atom is 0.295 e. The van der Waals surface area contributed by atoms with Gasteiger partial charge in [0.25, 0.3) is 5.69 Å². The number of nitro groups is 1. The number of aryl methyl sites for hydroxylation is 1. The van der Waals surface area contributed by atoms with Crippen molar-refractivity contribution in [2.75, 3.05) is 11.9 Å². The predicted molar refractivity (Wildman–Crippen MR) is 76.3 cm³/mol. The Balaban J connectivity index is 2.38. The van der Waals surface area contributed by atoms with E-state index in [1.54, 1.807) is 18.9 Å². The molecular weight excluding hydrogens is 259 g/mol. The van der Waals surface area contributed by atoms with Gasteiger partial charge >= 0.3 is 0 Å². The predicted octanol–water partition coefficient (Wildman–Crippen LogP) is 3.68. The average molecular weight is 274 g/mol. The van der Waals surface area contributed by atoms with Gasteiger partial charge in [-0.15, -0.1) is 0 Å². The van der Waals surface area contributed by atoms with Gasteiger partial charge in [0.1, 0.15) is 11.5 Å². The van der Waals surface area contributed by atoms with Gasteiger partial charge in [0.05, 0.1) is 4.92 Å². The number of hydrogen-bond donors (Lipinski definition) is 0. The van der Waals surface area contributed by atoms with Crippen molar-refractivity contribution in [1.82, 2.24) is 0 Å². The SMILES string of the molecule is Cc1cc(F)cc(N(C)Cc2ccccc2)c1[N+](=O)[O-]. The molecule has 0 aromatic heterocycles. The Hall–Kier alpha value is -2.43. The van der Waals surface area contributed by atoms with Crippen LogP contribution in [0.3, 0.4) is 0 Å². The first-order chi connectivity index (χ1) is 9.49. The maximum absolute atomic E-state index is 13.5. The molecule has 0 fully saturated rings. The third-order valence-electron chi connectivity index (χ3n) is 3.10. The second-order valence-corrected chi connectivity index (χ2v) is 4.69. The van der Waals surface area contributed by atoms with Crippen LogP contribution in [0.1, 0.15) is 11.1 Å². The molecule has 0 atom stereocenters. The minimum absolute atomic E-state index is 0.0511. The molecule has 0 amide bonds. The van der Waals surface area contributed by atoms with Gasteiger partial charge in [0.15, 0.2) is 0 Å². The Morgan fingerprint density at radius 3 is 2.50 bits per heavy atom. The number of benzene rings is 2. The molecule has 0 aliphatic carbocycles. The van der Waals surface area contributed by atoms with Crippen molar-refractivity contribution in [2.24, 2.45) is 0 Å². The highest BCUT2D eigenvalue weighted by molar-refractivity contribution is 5.66. The van der Waals surface area contributed by atoms with Gasteiger partial charge in [-0.25, -0.2) is 4.39 Å². The van der Waals surface area contributed by atoms with E-state index < -0.39 is 10.7 Å². The van der Waals surface area contributed by atoms with Crippen molar-refractivity contribution in [2.45, 2.75) is 13.5 Å². The number of halogens is 1. The third kappa shape index (κ3) is 2.93. The highest BCUT2D eigenvalue weighted by Gasteiger charge is 2.21. The van der Waals surface area contributed by atoms with Crippen LogP contribution in [0.25, 0.3) is 0 Å². The first-order valence-electron chi connectivity index (χ1n) is 6.18. The first-order valence-corrected chi connectivity index (χ1v) is 6.18. The molecule has 0 saturated carbocycles. The Morgan fingerprint density at radius 1 is 1.25 bits per heavy atom. The summed E-state index contributed by atoms with van der Waals surface area (Å²) in [6.45, 7) is 2.02. The third-order valence-corrected chi connectivity index (χ3v) is 3.10. The van der Waals surface area contributed by atoms with Crippen LogP contribution < -0.4 is 4.90 Å². The largest absolute Gasteiger partial charge is 0.365 e. The van der Waals surface area contributed by atoms with Gasteiger partial charge < -0.3 is 4.90 Å². The molecule has 0 heterocycles. The Morgan fingerprint density at radius 2 is 1.90 bits per heavy atom. The van der Waals surface area contributed by atoms with Crippen LogP contribution in [0, 0.1) is 22.9 Å². The van der Waals surface area contributed by atoms with Crippen LogP contribution in [0.2, 0.25) is 0 Å². The zero-order valence-corrected chi connectivity index (χ0v) is 11.3. The highest BCUT2D eigenvalue weighted by Crippen LogP contribution is 2.32. The molecule has 0 saturated heterocycles. The fraction of sp³-hybridized carbons (Fsp3) is 0.200. The van der Waals surface area contributed by atoms with Gasteiger partial charge in [0.2, 0.25) is 0 Å². The van der Waals surface area contributed by atoms with Gasteiger partial charge in [-0.2, -0.15) is 0 Å². The minimum Gasteiger partial charge on any atom is -0.365 e. The van der Waals surface area contributed by atoms with Crippen molar-refractivity contribution >= 4 is 11.4 Å². The monoisotopic (exact) mass is 274 g/mol. The van der Waals surface area contributed by atoms with Crippen LogP contribution in [-0.2, 0) is 6.54 Å². The second-order valence-electron chi connectivity index (χ2n) is 4.69. The van der Waals surface area contributed by atoms with Gasteiger partial charge in [-0.05, 0) is 18.6 Å².